The Bertz CT molecular complexity index is 2050. The maximum absolute atomic E-state index is 6.54. The van der Waals surface area contributed by atoms with Crippen molar-refractivity contribution >= 4 is 11.4 Å². The third kappa shape index (κ3) is 5.02. The monoisotopic (exact) mass is 595 g/mol. The summed E-state index contributed by atoms with van der Waals surface area (Å²) in [6, 6.07) is 51.2. The van der Waals surface area contributed by atoms with Gasteiger partial charge in [0, 0.05) is 27.9 Å². The number of rotatable bonds is 8. The lowest BCUT2D eigenvalue weighted by molar-refractivity contribution is 0.483. The second-order valence-electron chi connectivity index (χ2n) is 12.1. The van der Waals surface area contributed by atoms with E-state index in [0.29, 0.717) is 0 Å². The van der Waals surface area contributed by atoms with Crippen LogP contribution in [0, 0.1) is 0 Å². The van der Waals surface area contributed by atoms with Gasteiger partial charge in [-0.25, -0.2) is 0 Å². The Morgan fingerprint density at radius 3 is 1.93 bits per heavy atom. The Kier molecular flexibility index (Phi) is 7.64. The first-order chi connectivity index (χ1) is 22.5. The van der Waals surface area contributed by atoms with Crippen molar-refractivity contribution in [2.45, 2.75) is 26.2 Å². The van der Waals surface area contributed by atoms with Gasteiger partial charge in [0.15, 0.2) is 0 Å². The second-order valence-corrected chi connectivity index (χ2v) is 12.1. The van der Waals surface area contributed by atoms with Gasteiger partial charge in [0.05, 0.1) is 5.69 Å². The standard InChI is InChI=1S/C44H37NO/c1-5-33(6-2)45(40-24-16-14-21-36(40)31-17-9-7-10-18-31)34-27-25-32(26-28-34)37-29-30-41(46-35-19-11-8-12-20-35)42-38-22-13-15-23-39(38)44(3,4)43(37)42/h5-30H,1H2,2-4H3. The van der Waals surface area contributed by atoms with Crippen LogP contribution in [-0.4, -0.2) is 0 Å². The van der Waals surface area contributed by atoms with E-state index in [2.05, 4.69) is 154 Å². The Morgan fingerprint density at radius 2 is 1.24 bits per heavy atom. The zero-order chi connectivity index (χ0) is 31.7. The number of benzene rings is 6. The van der Waals surface area contributed by atoms with Crippen LogP contribution in [0.1, 0.15) is 31.9 Å². The molecule has 6 aromatic rings. The van der Waals surface area contributed by atoms with Crippen LogP contribution in [0.2, 0.25) is 0 Å². The Labute approximate surface area is 272 Å². The average Bonchev–Trinajstić information content (AvgIpc) is 3.35. The first kappa shape index (κ1) is 29.1. The lowest BCUT2D eigenvalue weighted by Gasteiger charge is -2.29. The van der Waals surface area contributed by atoms with Crippen LogP contribution in [0.15, 0.2) is 170 Å². The summed E-state index contributed by atoms with van der Waals surface area (Å²) >= 11 is 0. The molecule has 0 radical (unpaired) electrons. The predicted molar refractivity (Wildman–Crippen MR) is 194 cm³/mol. The van der Waals surface area contributed by atoms with Crippen molar-refractivity contribution in [3.63, 3.8) is 0 Å². The van der Waals surface area contributed by atoms with E-state index in [4.69, 9.17) is 4.74 Å². The van der Waals surface area contributed by atoms with Crippen LogP contribution in [0.4, 0.5) is 11.4 Å². The number of nitrogens with zero attached hydrogens (tertiary/aromatic N) is 1. The SMILES string of the molecule is C=CC(=CC)N(c1ccc(-c2ccc(Oc3ccccc3)c3c2C(C)(C)c2ccccc2-3)cc1)c1ccccc1-c1ccccc1. The van der Waals surface area contributed by atoms with Gasteiger partial charge in [-0.15, -0.1) is 0 Å². The summed E-state index contributed by atoms with van der Waals surface area (Å²) in [7, 11) is 0. The molecule has 0 fully saturated rings. The summed E-state index contributed by atoms with van der Waals surface area (Å²) in [6.07, 6.45) is 4.04. The molecule has 0 amide bonds. The summed E-state index contributed by atoms with van der Waals surface area (Å²) in [4.78, 5) is 2.29. The van der Waals surface area contributed by atoms with Gasteiger partial charge in [-0.05, 0) is 82.8 Å². The number of para-hydroxylation sites is 2. The highest BCUT2D eigenvalue weighted by atomic mass is 16.5. The number of hydrogen-bond acceptors (Lipinski definition) is 2. The molecule has 0 N–H and O–H groups in total. The quantitative estimate of drug-likeness (QED) is 0.162. The van der Waals surface area contributed by atoms with E-state index in [0.717, 1.165) is 28.6 Å². The van der Waals surface area contributed by atoms with E-state index in [1.54, 1.807) is 0 Å². The van der Waals surface area contributed by atoms with Crippen molar-refractivity contribution in [1.82, 2.24) is 0 Å². The third-order valence-electron chi connectivity index (χ3n) is 9.06. The molecule has 1 aliphatic carbocycles. The zero-order valence-electron chi connectivity index (χ0n) is 26.6. The minimum atomic E-state index is -0.197. The predicted octanol–water partition coefficient (Wildman–Crippen LogP) is 12.3. The topological polar surface area (TPSA) is 12.5 Å². The van der Waals surface area contributed by atoms with Gasteiger partial charge in [-0.3, -0.25) is 0 Å². The summed E-state index contributed by atoms with van der Waals surface area (Å²) in [6.45, 7) is 10.9. The molecule has 2 heteroatoms. The van der Waals surface area contributed by atoms with Crippen LogP contribution < -0.4 is 9.64 Å². The third-order valence-corrected chi connectivity index (χ3v) is 9.06. The first-order valence-corrected chi connectivity index (χ1v) is 15.9. The van der Waals surface area contributed by atoms with Crippen LogP contribution in [0.3, 0.4) is 0 Å². The van der Waals surface area contributed by atoms with Crippen molar-refractivity contribution in [3.05, 3.63) is 181 Å². The van der Waals surface area contributed by atoms with Gasteiger partial charge >= 0.3 is 0 Å². The maximum atomic E-state index is 6.54. The molecule has 0 saturated heterocycles. The summed E-state index contributed by atoms with van der Waals surface area (Å²) in [5.41, 5.74) is 12.8. The molecule has 224 valence electrons. The van der Waals surface area contributed by atoms with Crippen molar-refractivity contribution in [3.8, 4) is 44.9 Å². The normalized spacial score (nSPS) is 13.1. The zero-order valence-corrected chi connectivity index (χ0v) is 26.6. The highest BCUT2D eigenvalue weighted by Crippen LogP contribution is 2.56. The molecule has 1 aliphatic rings. The number of hydrogen-bond donors (Lipinski definition) is 0. The smallest absolute Gasteiger partial charge is 0.135 e. The molecular formula is C44H37NO. The molecule has 0 spiro atoms. The average molecular weight is 596 g/mol. The minimum absolute atomic E-state index is 0.197. The molecule has 0 bridgehead atoms. The summed E-state index contributed by atoms with van der Waals surface area (Å²) in [5.74, 6) is 1.72. The lowest BCUT2D eigenvalue weighted by atomic mass is 9.78. The summed E-state index contributed by atoms with van der Waals surface area (Å²) in [5, 5.41) is 0. The molecule has 46 heavy (non-hydrogen) atoms. The largest absolute Gasteiger partial charge is 0.457 e. The number of allylic oxidation sites excluding steroid dienone is 2. The van der Waals surface area contributed by atoms with Crippen LogP contribution >= 0.6 is 0 Å². The number of anilines is 2. The van der Waals surface area contributed by atoms with Gasteiger partial charge in [0.25, 0.3) is 0 Å². The maximum Gasteiger partial charge on any atom is 0.135 e. The highest BCUT2D eigenvalue weighted by molar-refractivity contribution is 5.92. The molecule has 7 rings (SSSR count). The molecule has 0 saturated carbocycles. The first-order valence-electron chi connectivity index (χ1n) is 15.9. The minimum Gasteiger partial charge on any atom is -0.457 e. The van der Waals surface area contributed by atoms with Gasteiger partial charge in [0.2, 0.25) is 0 Å². The fraction of sp³-hybridized carbons (Fsp3) is 0.0909. The van der Waals surface area contributed by atoms with Crippen molar-refractivity contribution in [1.29, 1.82) is 0 Å². The van der Waals surface area contributed by atoms with E-state index >= 15 is 0 Å². The number of ether oxygens (including phenoxy) is 1. The fourth-order valence-corrected chi connectivity index (χ4v) is 6.91. The molecule has 2 nitrogen and oxygen atoms in total. The van der Waals surface area contributed by atoms with Crippen molar-refractivity contribution < 1.29 is 4.74 Å². The number of fused-ring (bicyclic) bond motifs is 3. The molecule has 0 aromatic heterocycles. The van der Waals surface area contributed by atoms with Crippen LogP contribution in [0.5, 0.6) is 11.5 Å². The van der Waals surface area contributed by atoms with E-state index in [1.807, 2.05) is 36.4 Å². The second kappa shape index (κ2) is 12.1. The van der Waals surface area contributed by atoms with Gasteiger partial charge in [0.1, 0.15) is 11.5 Å². The van der Waals surface area contributed by atoms with E-state index in [-0.39, 0.29) is 5.41 Å². The molecule has 0 aliphatic heterocycles. The van der Waals surface area contributed by atoms with E-state index in [9.17, 15) is 0 Å². The molecular weight excluding hydrogens is 558 g/mol. The van der Waals surface area contributed by atoms with Crippen LogP contribution in [-0.2, 0) is 5.41 Å². The van der Waals surface area contributed by atoms with E-state index < -0.39 is 0 Å². The Balaban J connectivity index is 1.35. The lowest BCUT2D eigenvalue weighted by Crippen LogP contribution is -2.17. The molecule has 6 aromatic carbocycles. The van der Waals surface area contributed by atoms with Gasteiger partial charge < -0.3 is 9.64 Å². The molecule has 0 unspecified atom stereocenters. The van der Waals surface area contributed by atoms with Crippen LogP contribution in [0.25, 0.3) is 33.4 Å². The van der Waals surface area contributed by atoms with Crippen molar-refractivity contribution in [2.24, 2.45) is 0 Å². The molecule has 0 atom stereocenters. The van der Waals surface area contributed by atoms with E-state index in [1.165, 1.54) is 44.5 Å². The van der Waals surface area contributed by atoms with Crippen molar-refractivity contribution in [2.75, 3.05) is 4.90 Å². The fourth-order valence-electron chi connectivity index (χ4n) is 6.91. The Morgan fingerprint density at radius 1 is 0.630 bits per heavy atom. The summed E-state index contributed by atoms with van der Waals surface area (Å²) < 4.78 is 6.54. The highest BCUT2D eigenvalue weighted by Gasteiger charge is 2.39. The Hall–Kier alpha value is -5.60. The van der Waals surface area contributed by atoms with Gasteiger partial charge in [-0.1, -0.05) is 136 Å². The van der Waals surface area contributed by atoms with Gasteiger partial charge in [-0.2, -0.15) is 0 Å². The molecule has 0 heterocycles.